The van der Waals surface area contributed by atoms with E-state index in [4.69, 9.17) is 14.7 Å². The fourth-order valence-electron chi connectivity index (χ4n) is 5.02. The summed E-state index contributed by atoms with van der Waals surface area (Å²) in [6.07, 6.45) is 7.63. The average molecular weight is 462 g/mol. The Morgan fingerprint density at radius 3 is 2.80 bits per heavy atom. The van der Waals surface area contributed by atoms with Crippen LogP contribution in [-0.2, 0) is 4.74 Å². The number of para-hydroxylation sites is 1. The molecule has 7 rings (SSSR count). The molecular weight excluding hydrogens is 438 g/mol. The van der Waals surface area contributed by atoms with Crippen molar-refractivity contribution in [3.8, 4) is 17.1 Å². The fourth-order valence-corrected chi connectivity index (χ4v) is 5.02. The van der Waals surface area contributed by atoms with Gasteiger partial charge in [0.2, 0.25) is 0 Å². The van der Waals surface area contributed by atoms with Crippen molar-refractivity contribution < 1.29 is 4.74 Å². The van der Waals surface area contributed by atoms with Gasteiger partial charge in [0, 0.05) is 47.7 Å². The van der Waals surface area contributed by atoms with E-state index >= 15 is 0 Å². The van der Waals surface area contributed by atoms with E-state index in [1.807, 2.05) is 48.8 Å². The maximum Gasteiger partial charge on any atom is 0.164 e. The molecule has 0 bridgehead atoms. The monoisotopic (exact) mass is 461 g/mol. The van der Waals surface area contributed by atoms with E-state index in [0.29, 0.717) is 19.0 Å². The summed E-state index contributed by atoms with van der Waals surface area (Å²) < 4.78 is 7.87. The van der Waals surface area contributed by atoms with Gasteiger partial charge in [-0.3, -0.25) is 4.98 Å². The Bertz CT molecular complexity index is 1700. The second kappa shape index (κ2) is 7.89. The third-order valence-corrected chi connectivity index (χ3v) is 6.75. The molecule has 172 valence electrons. The van der Waals surface area contributed by atoms with Gasteiger partial charge < -0.3 is 19.2 Å². The molecule has 1 fully saturated rings. The van der Waals surface area contributed by atoms with Crippen molar-refractivity contribution in [3.63, 3.8) is 0 Å². The molecule has 5 aromatic heterocycles. The lowest BCUT2D eigenvalue weighted by atomic mass is 10.1. The second-order valence-corrected chi connectivity index (χ2v) is 8.86. The summed E-state index contributed by atoms with van der Waals surface area (Å²) in [4.78, 5) is 24.8. The Balaban J connectivity index is 1.53. The van der Waals surface area contributed by atoms with Crippen molar-refractivity contribution in [1.29, 1.82) is 0 Å². The molecule has 0 spiro atoms. The standard InChI is InChI=1S/C27H23N7O/c1-17-16-35-15-14-33(17)26-21-9-13-34(23-8-12-28-22-5-3-2-4-20(22)23)27(21)32-25(31-26)19-7-11-30-24-18(19)6-10-29-24/h2-13,17H,14-16H2,1H3,(H,29,30)/t17-/m1/s1. The van der Waals surface area contributed by atoms with Crippen LogP contribution in [0.1, 0.15) is 6.92 Å². The first-order valence-electron chi connectivity index (χ1n) is 11.8. The first-order valence-corrected chi connectivity index (χ1v) is 11.8. The molecule has 0 unspecified atom stereocenters. The van der Waals surface area contributed by atoms with Gasteiger partial charge in [-0.2, -0.15) is 0 Å². The molecule has 1 aliphatic heterocycles. The predicted octanol–water partition coefficient (Wildman–Crippen LogP) is 4.74. The minimum atomic E-state index is 0.213. The van der Waals surface area contributed by atoms with Gasteiger partial charge >= 0.3 is 0 Å². The highest BCUT2D eigenvalue weighted by molar-refractivity contribution is 5.97. The third-order valence-electron chi connectivity index (χ3n) is 6.75. The number of nitrogens with zero attached hydrogens (tertiary/aromatic N) is 6. The first kappa shape index (κ1) is 20.1. The number of morpholine rings is 1. The highest BCUT2D eigenvalue weighted by Crippen LogP contribution is 2.34. The van der Waals surface area contributed by atoms with Gasteiger partial charge in [0.05, 0.1) is 35.8 Å². The zero-order chi connectivity index (χ0) is 23.4. The Kier molecular flexibility index (Phi) is 4.53. The fraction of sp³-hybridized carbons (Fsp3) is 0.185. The molecule has 1 N–H and O–H groups in total. The summed E-state index contributed by atoms with van der Waals surface area (Å²) in [5, 5.41) is 3.09. The number of benzene rings is 1. The van der Waals surface area contributed by atoms with Gasteiger partial charge in [-0.25, -0.2) is 15.0 Å². The smallest absolute Gasteiger partial charge is 0.164 e. The zero-order valence-corrected chi connectivity index (χ0v) is 19.2. The summed E-state index contributed by atoms with van der Waals surface area (Å²) in [6.45, 7) is 4.31. The third kappa shape index (κ3) is 3.18. The van der Waals surface area contributed by atoms with Crippen molar-refractivity contribution in [2.24, 2.45) is 0 Å². The molecule has 0 amide bonds. The van der Waals surface area contributed by atoms with Gasteiger partial charge in [0.15, 0.2) is 11.5 Å². The largest absolute Gasteiger partial charge is 0.377 e. The van der Waals surface area contributed by atoms with E-state index < -0.39 is 0 Å². The van der Waals surface area contributed by atoms with Crippen molar-refractivity contribution in [2.75, 3.05) is 24.7 Å². The van der Waals surface area contributed by atoms with Crippen LogP contribution in [0, 0.1) is 0 Å². The maximum absolute atomic E-state index is 5.72. The second-order valence-electron chi connectivity index (χ2n) is 8.86. The molecule has 6 heterocycles. The van der Waals surface area contributed by atoms with E-state index in [9.17, 15) is 0 Å². The summed E-state index contributed by atoms with van der Waals surface area (Å²) in [5.74, 6) is 1.61. The molecule has 8 heteroatoms. The highest BCUT2D eigenvalue weighted by atomic mass is 16.5. The van der Waals surface area contributed by atoms with Crippen molar-refractivity contribution in [3.05, 3.63) is 73.3 Å². The lowest BCUT2D eigenvalue weighted by Crippen LogP contribution is -2.44. The number of fused-ring (bicyclic) bond motifs is 3. The number of nitrogens with one attached hydrogen (secondary N) is 1. The number of H-pyrrole nitrogens is 1. The number of hydrogen-bond acceptors (Lipinski definition) is 6. The molecule has 1 aliphatic rings. The van der Waals surface area contributed by atoms with Crippen molar-refractivity contribution >= 4 is 38.8 Å². The summed E-state index contributed by atoms with van der Waals surface area (Å²) >= 11 is 0. The van der Waals surface area contributed by atoms with E-state index in [1.165, 1.54) is 0 Å². The van der Waals surface area contributed by atoms with Crippen LogP contribution in [0.5, 0.6) is 0 Å². The number of aromatic nitrogens is 6. The van der Waals surface area contributed by atoms with Crippen LogP contribution in [0.3, 0.4) is 0 Å². The quantitative estimate of drug-likeness (QED) is 0.410. The lowest BCUT2D eigenvalue weighted by Gasteiger charge is -2.34. The lowest BCUT2D eigenvalue weighted by molar-refractivity contribution is 0.0987. The molecule has 35 heavy (non-hydrogen) atoms. The van der Waals surface area contributed by atoms with Crippen LogP contribution in [0.15, 0.2) is 73.3 Å². The van der Waals surface area contributed by atoms with E-state index in [1.54, 1.807) is 6.20 Å². The maximum atomic E-state index is 5.72. The Morgan fingerprint density at radius 2 is 1.86 bits per heavy atom. The van der Waals surface area contributed by atoms with Crippen LogP contribution in [0.2, 0.25) is 0 Å². The van der Waals surface area contributed by atoms with Crippen LogP contribution < -0.4 is 4.90 Å². The zero-order valence-electron chi connectivity index (χ0n) is 19.2. The highest BCUT2D eigenvalue weighted by Gasteiger charge is 2.25. The average Bonchev–Trinajstić information content (AvgIpc) is 3.55. The predicted molar refractivity (Wildman–Crippen MR) is 137 cm³/mol. The Hall–Kier alpha value is -4.30. The molecular formula is C27H23N7O. The van der Waals surface area contributed by atoms with Crippen LogP contribution >= 0.6 is 0 Å². The number of hydrogen-bond donors (Lipinski definition) is 1. The van der Waals surface area contributed by atoms with Crippen LogP contribution in [0.25, 0.3) is 50.0 Å². The van der Waals surface area contributed by atoms with E-state index in [2.05, 4.69) is 49.7 Å². The minimum Gasteiger partial charge on any atom is -0.377 e. The normalized spacial score (nSPS) is 16.5. The molecule has 1 atom stereocenters. The van der Waals surface area contributed by atoms with E-state index in [0.717, 1.165) is 56.6 Å². The molecule has 8 nitrogen and oxygen atoms in total. The molecule has 0 radical (unpaired) electrons. The molecule has 1 aromatic carbocycles. The number of aromatic amines is 1. The van der Waals surface area contributed by atoms with Gasteiger partial charge in [-0.05, 0) is 37.3 Å². The summed E-state index contributed by atoms with van der Waals surface area (Å²) in [5.41, 5.74) is 4.63. The number of pyridine rings is 2. The molecule has 6 aromatic rings. The molecule has 1 saturated heterocycles. The first-order chi connectivity index (χ1) is 17.3. The van der Waals surface area contributed by atoms with Gasteiger partial charge in [0.25, 0.3) is 0 Å². The summed E-state index contributed by atoms with van der Waals surface area (Å²) in [7, 11) is 0. The van der Waals surface area contributed by atoms with Crippen LogP contribution in [-0.4, -0.2) is 55.3 Å². The van der Waals surface area contributed by atoms with Crippen molar-refractivity contribution in [1.82, 2.24) is 29.5 Å². The van der Waals surface area contributed by atoms with E-state index in [-0.39, 0.29) is 6.04 Å². The summed E-state index contributed by atoms with van der Waals surface area (Å²) in [6, 6.07) is 16.6. The van der Waals surface area contributed by atoms with Crippen LogP contribution in [0.4, 0.5) is 5.82 Å². The SMILES string of the molecule is C[C@@H]1COCCN1c1nc(-c2ccnc3[nH]ccc23)nc2c1ccn2-c1ccnc2ccccc12. The Morgan fingerprint density at radius 1 is 0.943 bits per heavy atom. The molecule has 0 saturated carbocycles. The number of ether oxygens (including phenoxy) is 1. The Labute approximate surface area is 201 Å². The minimum absolute atomic E-state index is 0.213. The topological polar surface area (TPSA) is 84.8 Å². The number of anilines is 1. The van der Waals surface area contributed by atoms with Crippen molar-refractivity contribution in [2.45, 2.75) is 13.0 Å². The number of rotatable bonds is 3. The van der Waals surface area contributed by atoms with Gasteiger partial charge in [-0.15, -0.1) is 0 Å². The van der Waals surface area contributed by atoms with Gasteiger partial charge in [0.1, 0.15) is 11.5 Å². The molecule has 0 aliphatic carbocycles. The van der Waals surface area contributed by atoms with Gasteiger partial charge in [-0.1, -0.05) is 18.2 Å².